The molecular formula is C31H41N3O5. The fourth-order valence-corrected chi connectivity index (χ4v) is 7.79. The number of nitrogens with one attached hydrogen (secondary N) is 2. The molecule has 5 aliphatic rings. The van der Waals surface area contributed by atoms with Gasteiger partial charge in [0, 0.05) is 24.9 Å². The molecule has 4 aliphatic heterocycles. The molecule has 1 spiro atoms. The van der Waals surface area contributed by atoms with Gasteiger partial charge in [-0.05, 0) is 68.2 Å². The molecule has 1 aromatic carbocycles. The number of aryl methyl sites for hydroxylation is 2. The van der Waals surface area contributed by atoms with Gasteiger partial charge in [0.05, 0.1) is 24.0 Å². The van der Waals surface area contributed by atoms with Crippen molar-refractivity contribution in [3.05, 3.63) is 41.5 Å². The van der Waals surface area contributed by atoms with Crippen LogP contribution in [-0.2, 0) is 23.9 Å². The van der Waals surface area contributed by atoms with Crippen molar-refractivity contribution in [1.82, 2.24) is 10.2 Å². The van der Waals surface area contributed by atoms with E-state index in [1.54, 1.807) is 4.90 Å². The molecule has 6 rings (SSSR count). The van der Waals surface area contributed by atoms with Gasteiger partial charge in [-0.15, -0.1) is 0 Å². The molecule has 0 radical (unpaired) electrons. The topological polar surface area (TPSA) is 97.0 Å². The van der Waals surface area contributed by atoms with Crippen molar-refractivity contribution in [3.8, 4) is 0 Å². The summed E-state index contributed by atoms with van der Waals surface area (Å²) in [6.45, 7) is 9.41. The van der Waals surface area contributed by atoms with Gasteiger partial charge in [0.25, 0.3) is 0 Å². The van der Waals surface area contributed by atoms with E-state index in [9.17, 15) is 14.4 Å². The van der Waals surface area contributed by atoms with Gasteiger partial charge in [-0.3, -0.25) is 14.4 Å². The van der Waals surface area contributed by atoms with E-state index in [4.69, 9.17) is 9.47 Å². The van der Waals surface area contributed by atoms with Crippen LogP contribution in [0.3, 0.4) is 0 Å². The van der Waals surface area contributed by atoms with Gasteiger partial charge >= 0.3 is 0 Å². The normalized spacial score (nSPS) is 38.8. The number of rotatable bonds is 6. The molecule has 4 fully saturated rings. The van der Waals surface area contributed by atoms with Crippen LogP contribution in [0.2, 0.25) is 0 Å². The Morgan fingerprint density at radius 3 is 2.54 bits per heavy atom. The van der Waals surface area contributed by atoms with Crippen LogP contribution >= 0.6 is 0 Å². The van der Waals surface area contributed by atoms with E-state index in [1.807, 2.05) is 38.1 Å². The first-order valence-corrected chi connectivity index (χ1v) is 14.7. The maximum atomic E-state index is 14.2. The molecular weight excluding hydrogens is 494 g/mol. The minimum absolute atomic E-state index is 0.0580. The summed E-state index contributed by atoms with van der Waals surface area (Å²) >= 11 is 0. The van der Waals surface area contributed by atoms with Crippen molar-refractivity contribution in [1.29, 1.82) is 0 Å². The number of hydrogen-bond acceptors (Lipinski definition) is 5. The molecule has 9 atom stereocenters. The second-order valence-electron chi connectivity index (χ2n) is 12.6. The molecule has 2 N–H and O–H groups in total. The SMILES string of the molecule is Cc1cc(C)cc(NC(=O)C2C3C=CC4(O3)C2C(=O)N(CC2CCCO2)C4C(=O)NC2CCCC(C)C2C)c1. The fraction of sp³-hybridized carbons (Fsp3) is 0.645. The molecule has 210 valence electrons. The number of nitrogens with zero attached hydrogens (tertiary/aromatic N) is 1. The van der Waals surface area contributed by atoms with E-state index in [0.29, 0.717) is 30.7 Å². The molecule has 4 heterocycles. The number of ether oxygens (including phenoxy) is 2. The number of anilines is 1. The van der Waals surface area contributed by atoms with Gasteiger partial charge in [-0.1, -0.05) is 44.9 Å². The van der Waals surface area contributed by atoms with Crippen LogP contribution in [0.5, 0.6) is 0 Å². The zero-order chi connectivity index (χ0) is 27.5. The summed E-state index contributed by atoms with van der Waals surface area (Å²) in [5.41, 5.74) is 1.65. The number of carbonyl (C=O) groups is 3. The van der Waals surface area contributed by atoms with Gasteiger partial charge in [-0.2, -0.15) is 0 Å². The third-order valence-electron chi connectivity index (χ3n) is 9.87. The Morgan fingerprint density at radius 1 is 1.05 bits per heavy atom. The van der Waals surface area contributed by atoms with Crippen LogP contribution in [-0.4, -0.2) is 65.7 Å². The summed E-state index contributed by atoms with van der Waals surface area (Å²) in [6.07, 6.45) is 8.06. The predicted molar refractivity (Wildman–Crippen MR) is 147 cm³/mol. The summed E-state index contributed by atoms with van der Waals surface area (Å²) < 4.78 is 12.4. The van der Waals surface area contributed by atoms with Gasteiger partial charge in [0.15, 0.2) is 0 Å². The molecule has 1 saturated carbocycles. The number of hydrogen-bond donors (Lipinski definition) is 2. The number of carbonyl (C=O) groups excluding carboxylic acids is 3. The van der Waals surface area contributed by atoms with Gasteiger partial charge in [0.2, 0.25) is 17.7 Å². The van der Waals surface area contributed by atoms with Crippen molar-refractivity contribution in [2.45, 2.75) is 89.7 Å². The van der Waals surface area contributed by atoms with Crippen molar-refractivity contribution in [2.75, 3.05) is 18.5 Å². The van der Waals surface area contributed by atoms with Gasteiger partial charge in [0.1, 0.15) is 11.6 Å². The largest absolute Gasteiger partial charge is 0.376 e. The van der Waals surface area contributed by atoms with E-state index >= 15 is 0 Å². The first-order valence-electron chi connectivity index (χ1n) is 14.7. The lowest BCUT2D eigenvalue weighted by atomic mass is 9.73. The fourth-order valence-electron chi connectivity index (χ4n) is 7.79. The van der Waals surface area contributed by atoms with Crippen molar-refractivity contribution < 1.29 is 23.9 Å². The number of fused-ring (bicyclic) bond motifs is 1. The Bertz CT molecular complexity index is 1170. The summed E-state index contributed by atoms with van der Waals surface area (Å²) in [4.78, 5) is 43.6. The van der Waals surface area contributed by atoms with Gasteiger partial charge in [-0.25, -0.2) is 0 Å². The molecule has 3 saturated heterocycles. The summed E-state index contributed by atoms with van der Waals surface area (Å²) in [6, 6.07) is 5.13. The van der Waals surface area contributed by atoms with E-state index in [1.165, 1.54) is 0 Å². The average Bonchev–Trinajstić information content (AvgIpc) is 3.64. The van der Waals surface area contributed by atoms with Crippen LogP contribution in [0.25, 0.3) is 0 Å². The minimum atomic E-state index is -1.15. The average molecular weight is 536 g/mol. The Morgan fingerprint density at radius 2 is 1.82 bits per heavy atom. The summed E-state index contributed by atoms with van der Waals surface area (Å²) in [5, 5.41) is 6.35. The number of benzene rings is 1. The Kier molecular flexibility index (Phi) is 6.82. The maximum absolute atomic E-state index is 14.2. The second-order valence-corrected chi connectivity index (χ2v) is 12.6. The Hall–Kier alpha value is -2.71. The molecule has 8 heteroatoms. The molecule has 1 aliphatic carbocycles. The van der Waals surface area contributed by atoms with Gasteiger partial charge < -0.3 is 25.0 Å². The van der Waals surface area contributed by atoms with Crippen LogP contribution < -0.4 is 10.6 Å². The lowest BCUT2D eigenvalue weighted by molar-refractivity contribution is -0.143. The van der Waals surface area contributed by atoms with E-state index in [2.05, 4.69) is 30.5 Å². The molecule has 1 aromatic rings. The highest BCUT2D eigenvalue weighted by atomic mass is 16.5. The summed E-state index contributed by atoms with van der Waals surface area (Å²) in [5.74, 6) is -1.20. The molecule has 0 aromatic heterocycles. The third-order valence-corrected chi connectivity index (χ3v) is 9.87. The van der Waals surface area contributed by atoms with Crippen LogP contribution in [0.15, 0.2) is 30.4 Å². The van der Waals surface area contributed by atoms with E-state index in [-0.39, 0.29) is 29.9 Å². The molecule has 3 amide bonds. The van der Waals surface area contributed by atoms with Crippen molar-refractivity contribution in [2.24, 2.45) is 23.7 Å². The zero-order valence-corrected chi connectivity index (χ0v) is 23.4. The molecule has 39 heavy (non-hydrogen) atoms. The lowest BCUT2D eigenvalue weighted by Crippen LogP contribution is -2.58. The number of amides is 3. The second kappa shape index (κ2) is 10.0. The molecule has 2 bridgehead atoms. The van der Waals surface area contributed by atoms with E-state index in [0.717, 1.165) is 43.2 Å². The molecule has 8 nitrogen and oxygen atoms in total. The predicted octanol–water partition coefficient (Wildman–Crippen LogP) is 3.51. The summed E-state index contributed by atoms with van der Waals surface area (Å²) in [7, 11) is 0. The standard InChI is InChI=1S/C31H41N3O5/c1-17-13-18(2)15-21(14-17)32-28(35)25-24-10-11-31(39-24)26(25)30(37)34(16-22-8-6-12-38-22)27(31)29(36)33-23-9-5-7-19(3)20(23)4/h10-11,13-15,19-20,22-27H,5-9,12,16H2,1-4H3,(H,32,35)(H,33,36). The zero-order valence-electron chi connectivity index (χ0n) is 23.4. The Labute approximate surface area is 230 Å². The first-order chi connectivity index (χ1) is 18.7. The van der Waals surface area contributed by atoms with Crippen LogP contribution in [0.4, 0.5) is 5.69 Å². The van der Waals surface area contributed by atoms with Crippen molar-refractivity contribution in [3.63, 3.8) is 0 Å². The highest BCUT2D eigenvalue weighted by Gasteiger charge is 2.73. The first kappa shape index (κ1) is 26.5. The lowest BCUT2D eigenvalue weighted by Gasteiger charge is -2.38. The third kappa shape index (κ3) is 4.49. The quantitative estimate of drug-likeness (QED) is 0.544. The van der Waals surface area contributed by atoms with Crippen LogP contribution in [0.1, 0.15) is 57.1 Å². The maximum Gasteiger partial charge on any atom is 0.246 e. The highest BCUT2D eigenvalue weighted by Crippen LogP contribution is 2.55. The highest BCUT2D eigenvalue weighted by molar-refractivity contribution is 6.02. The number of likely N-dealkylation sites (tertiary alicyclic amines) is 1. The van der Waals surface area contributed by atoms with E-state index < -0.39 is 29.6 Å². The smallest absolute Gasteiger partial charge is 0.246 e. The van der Waals surface area contributed by atoms with Crippen LogP contribution in [0, 0.1) is 37.5 Å². The minimum Gasteiger partial charge on any atom is -0.376 e. The molecule has 9 unspecified atom stereocenters. The monoisotopic (exact) mass is 535 g/mol. The van der Waals surface area contributed by atoms with Crippen molar-refractivity contribution >= 4 is 23.4 Å². The Balaban J connectivity index is 1.30.